The Morgan fingerprint density at radius 3 is 3.00 bits per heavy atom. The van der Waals surface area contributed by atoms with E-state index in [1.807, 2.05) is 13.8 Å². The minimum Gasteiger partial charge on any atom is -0.473 e. The maximum Gasteiger partial charge on any atom is 0.238 e. The maximum atomic E-state index is 12.2. The number of rotatable bonds is 4. The molecule has 20 heavy (non-hydrogen) atoms. The van der Waals surface area contributed by atoms with Gasteiger partial charge in [0.15, 0.2) is 0 Å². The van der Waals surface area contributed by atoms with Crippen molar-refractivity contribution in [1.29, 1.82) is 0 Å². The van der Waals surface area contributed by atoms with Crippen molar-refractivity contribution in [2.45, 2.75) is 32.8 Å². The maximum absolute atomic E-state index is 12.2. The number of ether oxygens (including phenoxy) is 1. The quantitative estimate of drug-likeness (QED) is 0.870. The number of aromatic nitrogens is 1. The number of hydrogen-bond acceptors (Lipinski definition) is 4. The fraction of sp³-hybridized carbons (Fsp3) is 0.500. The van der Waals surface area contributed by atoms with Crippen LogP contribution in [0.25, 0.3) is 0 Å². The van der Waals surface area contributed by atoms with Gasteiger partial charge >= 0.3 is 0 Å². The highest BCUT2D eigenvalue weighted by molar-refractivity contribution is 5.94. The van der Waals surface area contributed by atoms with Crippen molar-refractivity contribution in [3.8, 4) is 5.88 Å². The van der Waals surface area contributed by atoms with Crippen LogP contribution < -0.4 is 15.4 Å². The van der Waals surface area contributed by atoms with E-state index < -0.39 is 0 Å². The van der Waals surface area contributed by atoms with E-state index in [0.29, 0.717) is 31.0 Å². The van der Waals surface area contributed by atoms with Crippen molar-refractivity contribution in [2.75, 3.05) is 11.9 Å². The molecule has 1 saturated heterocycles. The zero-order valence-corrected chi connectivity index (χ0v) is 11.7. The summed E-state index contributed by atoms with van der Waals surface area (Å²) in [6.07, 6.45) is 2.56. The summed E-state index contributed by atoms with van der Waals surface area (Å²) < 4.78 is 5.56. The van der Waals surface area contributed by atoms with Gasteiger partial charge in [0.25, 0.3) is 0 Å². The first kappa shape index (κ1) is 14.3. The average molecular weight is 277 g/mol. The van der Waals surface area contributed by atoms with Gasteiger partial charge < -0.3 is 15.4 Å². The van der Waals surface area contributed by atoms with E-state index in [1.54, 1.807) is 18.3 Å². The zero-order chi connectivity index (χ0) is 14.5. The lowest BCUT2D eigenvalue weighted by molar-refractivity contribution is -0.126. The van der Waals surface area contributed by atoms with Gasteiger partial charge in [-0.25, -0.2) is 4.98 Å². The van der Waals surface area contributed by atoms with Gasteiger partial charge in [0, 0.05) is 19.2 Å². The van der Waals surface area contributed by atoms with Crippen molar-refractivity contribution in [2.24, 2.45) is 5.92 Å². The number of amides is 2. The van der Waals surface area contributed by atoms with Gasteiger partial charge in [-0.1, -0.05) is 0 Å². The number of pyridine rings is 1. The first-order valence-corrected chi connectivity index (χ1v) is 6.75. The van der Waals surface area contributed by atoms with Crippen molar-refractivity contribution in [3.63, 3.8) is 0 Å². The number of hydrogen-bond donors (Lipinski definition) is 2. The first-order valence-electron chi connectivity index (χ1n) is 6.75. The summed E-state index contributed by atoms with van der Waals surface area (Å²) in [4.78, 5) is 27.4. The number of piperidine rings is 1. The normalized spacial score (nSPS) is 18.6. The van der Waals surface area contributed by atoms with Gasteiger partial charge in [0.1, 0.15) is 5.69 Å². The predicted octanol–water partition coefficient (Wildman–Crippen LogP) is 1.33. The molecule has 6 heteroatoms. The van der Waals surface area contributed by atoms with E-state index in [2.05, 4.69) is 15.6 Å². The van der Waals surface area contributed by atoms with Crippen molar-refractivity contribution in [1.82, 2.24) is 10.3 Å². The van der Waals surface area contributed by atoms with Gasteiger partial charge in [-0.3, -0.25) is 9.59 Å². The third-order valence-corrected chi connectivity index (χ3v) is 3.01. The topological polar surface area (TPSA) is 80.3 Å². The molecule has 2 heterocycles. The number of nitrogens with one attached hydrogen (secondary N) is 2. The minimum absolute atomic E-state index is 0.000687. The molecule has 0 saturated carbocycles. The lowest BCUT2D eigenvalue weighted by Crippen LogP contribution is -2.40. The van der Waals surface area contributed by atoms with E-state index in [4.69, 9.17) is 4.74 Å². The Bertz CT molecular complexity index is 492. The Balaban J connectivity index is 2.02. The van der Waals surface area contributed by atoms with Crippen LogP contribution in [0.2, 0.25) is 0 Å². The monoisotopic (exact) mass is 277 g/mol. The molecule has 2 amide bonds. The molecule has 1 aliphatic heterocycles. The molecular formula is C14H19N3O3. The van der Waals surface area contributed by atoms with Gasteiger partial charge in [-0.15, -0.1) is 0 Å². The van der Waals surface area contributed by atoms with E-state index in [0.717, 1.165) is 0 Å². The molecule has 1 aromatic rings. The molecule has 0 radical (unpaired) electrons. The molecule has 1 unspecified atom stereocenters. The molecule has 2 N–H and O–H groups in total. The summed E-state index contributed by atoms with van der Waals surface area (Å²) in [5.41, 5.74) is 0.558. The molecule has 1 aliphatic rings. The number of carbonyl (C=O) groups is 2. The molecule has 0 spiro atoms. The first-order chi connectivity index (χ1) is 9.56. The molecule has 1 fully saturated rings. The fourth-order valence-electron chi connectivity index (χ4n) is 1.99. The minimum atomic E-state index is -0.209. The fourth-order valence-corrected chi connectivity index (χ4v) is 1.99. The van der Waals surface area contributed by atoms with Crippen LogP contribution >= 0.6 is 0 Å². The van der Waals surface area contributed by atoms with Crippen molar-refractivity contribution in [3.05, 3.63) is 18.3 Å². The largest absolute Gasteiger partial charge is 0.473 e. The molecule has 0 aromatic carbocycles. The van der Waals surface area contributed by atoms with Gasteiger partial charge in [-0.2, -0.15) is 0 Å². The Kier molecular flexibility index (Phi) is 4.55. The molecule has 108 valence electrons. The third kappa shape index (κ3) is 3.69. The van der Waals surface area contributed by atoms with E-state index in [1.165, 1.54) is 0 Å². The van der Waals surface area contributed by atoms with Crippen LogP contribution in [0.15, 0.2) is 18.3 Å². The number of carbonyl (C=O) groups excluding carboxylic acids is 2. The van der Waals surface area contributed by atoms with Gasteiger partial charge in [-0.05, 0) is 32.4 Å². The summed E-state index contributed by atoms with van der Waals surface area (Å²) in [7, 11) is 0. The molecule has 0 aliphatic carbocycles. The SMILES string of the molecule is CC(C)Oc1ncccc1NC(=O)C1CCC(=O)NC1. The molecular weight excluding hydrogens is 258 g/mol. The number of anilines is 1. The van der Waals surface area contributed by atoms with Gasteiger partial charge in [0.2, 0.25) is 17.7 Å². The van der Waals surface area contributed by atoms with E-state index in [9.17, 15) is 9.59 Å². The standard InChI is InChI=1S/C14H19N3O3/c1-9(2)20-14-11(4-3-7-15-14)17-13(19)10-5-6-12(18)16-8-10/h3-4,7,9-10H,5-6,8H2,1-2H3,(H,16,18)(H,17,19). The van der Waals surface area contributed by atoms with Crippen LogP contribution in [0.1, 0.15) is 26.7 Å². The predicted molar refractivity (Wildman–Crippen MR) is 74.4 cm³/mol. The van der Waals surface area contributed by atoms with Crippen molar-refractivity contribution < 1.29 is 14.3 Å². The smallest absolute Gasteiger partial charge is 0.238 e. The Morgan fingerprint density at radius 1 is 1.55 bits per heavy atom. The van der Waals surface area contributed by atoms with E-state index >= 15 is 0 Å². The van der Waals surface area contributed by atoms with Gasteiger partial charge in [0.05, 0.1) is 12.0 Å². The zero-order valence-electron chi connectivity index (χ0n) is 11.7. The summed E-state index contributed by atoms with van der Waals surface area (Å²) in [6, 6.07) is 3.50. The highest BCUT2D eigenvalue weighted by atomic mass is 16.5. The summed E-state index contributed by atoms with van der Waals surface area (Å²) in [6.45, 7) is 4.18. The Morgan fingerprint density at radius 2 is 2.35 bits per heavy atom. The molecule has 0 bridgehead atoms. The average Bonchev–Trinajstić information content (AvgIpc) is 2.41. The lowest BCUT2D eigenvalue weighted by atomic mass is 9.98. The van der Waals surface area contributed by atoms with Crippen LogP contribution in [-0.2, 0) is 9.59 Å². The Labute approximate surface area is 117 Å². The van der Waals surface area contributed by atoms with Crippen LogP contribution in [0.4, 0.5) is 5.69 Å². The molecule has 2 rings (SSSR count). The third-order valence-electron chi connectivity index (χ3n) is 3.01. The summed E-state index contributed by atoms with van der Waals surface area (Å²) >= 11 is 0. The molecule has 1 aromatic heterocycles. The van der Waals surface area contributed by atoms with Crippen LogP contribution in [0.5, 0.6) is 5.88 Å². The van der Waals surface area contributed by atoms with Crippen LogP contribution in [-0.4, -0.2) is 29.4 Å². The second-order valence-corrected chi connectivity index (χ2v) is 5.05. The Hall–Kier alpha value is -2.11. The molecule has 1 atom stereocenters. The summed E-state index contributed by atoms with van der Waals surface area (Å²) in [5.74, 6) is 0.0846. The summed E-state index contributed by atoms with van der Waals surface area (Å²) in [5, 5.41) is 5.52. The van der Waals surface area contributed by atoms with Crippen LogP contribution in [0.3, 0.4) is 0 Å². The van der Waals surface area contributed by atoms with Crippen LogP contribution in [0, 0.1) is 5.92 Å². The molecule has 6 nitrogen and oxygen atoms in total. The van der Waals surface area contributed by atoms with Crippen molar-refractivity contribution >= 4 is 17.5 Å². The second kappa shape index (κ2) is 6.36. The number of nitrogens with zero attached hydrogens (tertiary/aromatic N) is 1. The highest BCUT2D eigenvalue weighted by Crippen LogP contribution is 2.23. The lowest BCUT2D eigenvalue weighted by Gasteiger charge is -2.22. The second-order valence-electron chi connectivity index (χ2n) is 5.05. The highest BCUT2D eigenvalue weighted by Gasteiger charge is 2.25. The van der Waals surface area contributed by atoms with E-state index in [-0.39, 0.29) is 23.8 Å².